The van der Waals surface area contributed by atoms with Crippen LogP contribution in [0.3, 0.4) is 0 Å². The van der Waals surface area contributed by atoms with Gasteiger partial charge in [0.15, 0.2) is 5.82 Å². The maximum atomic E-state index is 13.8. The number of hydrogen-bond donors (Lipinski definition) is 1. The molecular formula is C22H23FN6O3. The molecule has 1 aliphatic rings. The number of carbonyl (C=O) groups is 2. The van der Waals surface area contributed by atoms with Crippen LogP contribution in [-0.4, -0.2) is 49.9 Å². The van der Waals surface area contributed by atoms with E-state index in [1.54, 1.807) is 30.9 Å². The molecule has 0 bridgehead atoms. The Morgan fingerprint density at radius 3 is 2.78 bits per heavy atom. The molecule has 1 fully saturated rings. The summed E-state index contributed by atoms with van der Waals surface area (Å²) in [4.78, 5) is 39.8. The zero-order valence-electron chi connectivity index (χ0n) is 17.8. The molecule has 32 heavy (non-hydrogen) atoms. The van der Waals surface area contributed by atoms with Crippen molar-refractivity contribution in [3.8, 4) is 0 Å². The predicted molar refractivity (Wildman–Crippen MR) is 112 cm³/mol. The van der Waals surface area contributed by atoms with Crippen molar-refractivity contribution in [2.24, 2.45) is 0 Å². The Bertz CT molecular complexity index is 1150. The molecule has 1 aliphatic heterocycles. The standard InChI is InChI=1S/C22H23FN6O3/c1-13-16(22(31)27-18-6-4-3-5-17(18)23)11-24-21(25-13)15-9-10-29(12-15)20(30)8-7-19-26-14(2)28-32-19/h3-6,11,15H,7-10,12H2,1-2H3,(H,27,31)/t15-/m0/s1. The molecule has 9 nitrogen and oxygen atoms in total. The number of carbonyl (C=O) groups excluding carboxylic acids is 2. The number of para-hydroxylation sites is 1. The second kappa shape index (κ2) is 9.21. The van der Waals surface area contributed by atoms with Crippen molar-refractivity contribution in [3.63, 3.8) is 0 Å². The summed E-state index contributed by atoms with van der Waals surface area (Å²) in [7, 11) is 0. The third-order valence-electron chi connectivity index (χ3n) is 5.39. The highest BCUT2D eigenvalue weighted by Crippen LogP contribution is 2.26. The topological polar surface area (TPSA) is 114 Å². The molecule has 1 N–H and O–H groups in total. The first-order valence-corrected chi connectivity index (χ1v) is 10.4. The number of rotatable bonds is 6. The van der Waals surface area contributed by atoms with Gasteiger partial charge in [0.05, 0.1) is 16.9 Å². The lowest BCUT2D eigenvalue weighted by molar-refractivity contribution is -0.130. The van der Waals surface area contributed by atoms with Gasteiger partial charge < -0.3 is 14.7 Å². The molecule has 3 heterocycles. The molecule has 10 heteroatoms. The number of aryl methyl sites for hydroxylation is 3. The number of amides is 2. The lowest BCUT2D eigenvalue weighted by Gasteiger charge is -2.16. The maximum Gasteiger partial charge on any atom is 0.259 e. The van der Waals surface area contributed by atoms with Crippen LogP contribution in [0.5, 0.6) is 0 Å². The van der Waals surface area contributed by atoms with Crippen LogP contribution in [-0.2, 0) is 11.2 Å². The summed E-state index contributed by atoms with van der Waals surface area (Å²) in [5.41, 5.74) is 0.875. The number of halogens is 1. The van der Waals surface area contributed by atoms with Gasteiger partial charge in [-0.1, -0.05) is 17.3 Å². The summed E-state index contributed by atoms with van der Waals surface area (Å²) in [6.07, 6.45) is 2.90. The van der Waals surface area contributed by atoms with E-state index < -0.39 is 11.7 Å². The number of hydrogen-bond acceptors (Lipinski definition) is 7. The smallest absolute Gasteiger partial charge is 0.259 e. The fourth-order valence-electron chi connectivity index (χ4n) is 3.67. The SMILES string of the molecule is Cc1noc(CCC(=O)N2CC[C@H](c3ncc(C(=O)Nc4ccccc4F)c(C)n3)C2)n1. The fourth-order valence-corrected chi connectivity index (χ4v) is 3.67. The average Bonchev–Trinajstić information content (AvgIpc) is 3.43. The minimum absolute atomic E-state index is 0.00743. The summed E-state index contributed by atoms with van der Waals surface area (Å²) < 4.78 is 18.8. The third-order valence-corrected chi connectivity index (χ3v) is 5.39. The van der Waals surface area contributed by atoms with Crippen molar-refractivity contribution in [2.75, 3.05) is 18.4 Å². The monoisotopic (exact) mass is 438 g/mol. The van der Waals surface area contributed by atoms with Gasteiger partial charge in [0.1, 0.15) is 11.6 Å². The van der Waals surface area contributed by atoms with Crippen LogP contribution in [0.15, 0.2) is 35.0 Å². The number of aromatic nitrogens is 4. The normalized spacial score (nSPS) is 15.7. The van der Waals surface area contributed by atoms with Gasteiger partial charge in [-0.3, -0.25) is 9.59 Å². The summed E-state index contributed by atoms with van der Waals surface area (Å²) in [6.45, 7) is 4.58. The van der Waals surface area contributed by atoms with Crippen LogP contribution in [0.4, 0.5) is 10.1 Å². The highest BCUT2D eigenvalue weighted by molar-refractivity contribution is 6.04. The second-order valence-electron chi connectivity index (χ2n) is 7.72. The molecule has 0 spiro atoms. The van der Waals surface area contributed by atoms with E-state index in [-0.39, 0.29) is 23.1 Å². The van der Waals surface area contributed by atoms with Crippen LogP contribution in [0.2, 0.25) is 0 Å². The van der Waals surface area contributed by atoms with Gasteiger partial charge in [-0.05, 0) is 32.4 Å². The van der Waals surface area contributed by atoms with Crippen molar-refractivity contribution in [1.29, 1.82) is 0 Å². The van der Waals surface area contributed by atoms with E-state index >= 15 is 0 Å². The third kappa shape index (κ3) is 4.79. The van der Waals surface area contributed by atoms with Crippen LogP contribution in [0.25, 0.3) is 0 Å². The number of likely N-dealkylation sites (tertiary alicyclic amines) is 1. The fraction of sp³-hybridized carbons (Fsp3) is 0.364. The van der Waals surface area contributed by atoms with Crippen molar-refractivity contribution in [2.45, 2.75) is 39.0 Å². The quantitative estimate of drug-likeness (QED) is 0.629. The van der Waals surface area contributed by atoms with E-state index in [0.29, 0.717) is 49.2 Å². The predicted octanol–water partition coefficient (Wildman–Crippen LogP) is 2.82. The number of benzene rings is 1. The minimum Gasteiger partial charge on any atom is -0.342 e. The van der Waals surface area contributed by atoms with Gasteiger partial charge >= 0.3 is 0 Å². The van der Waals surface area contributed by atoms with Crippen molar-refractivity contribution >= 4 is 17.5 Å². The molecular weight excluding hydrogens is 415 g/mol. The van der Waals surface area contributed by atoms with Gasteiger partial charge in [-0.25, -0.2) is 14.4 Å². The first kappa shape index (κ1) is 21.5. The van der Waals surface area contributed by atoms with Gasteiger partial charge in [-0.2, -0.15) is 4.98 Å². The van der Waals surface area contributed by atoms with E-state index in [2.05, 4.69) is 25.4 Å². The van der Waals surface area contributed by atoms with Crippen molar-refractivity contribution in [1.82, 2.24) is 25.0 Å². The van der Waals surface area contributed by atoms with E-state index in [9.17, 15) is 14.0 Å². The van der Waals surface area contributed by atoms with Crippen LogP contribution < -0.4 is 5.32 Å². The molecule has 3 aromatic rings. The zero-order valence-corrected chi connectivity index (χ0v) is 17.8. The maximum absolute atomic E-state index is 13.8. The molecule has 4 rings (SSSR count). The highest BCUT2D eigenvalue weighted by Gasteiger charge is 2.29. The zero-order chi connectivity index (χ0) is 22.7. The summed E-state index contributed by atoms with van der Waals surface area (Å²) in [6, 6.07) is 5.96. The first-order chi connectivity index (χ1) is 15.4. The Morgan fingerprint density at radius 1 is 1.25 bits per heavy atom. The Hall–Kier alpha value is -3.69. The Balaban J connectivity index is 1.36. The molecule has 0 saturated carbocycles. The Kier molecular flexibility index (Phi) is 6.20. The first-order valence-electron chi connectivity index (χ1n) is 10.4. The van der Waals surface area contributed by atoms with E-state index in [1.165, 1.54) is 18.3 Å². The van der Waals surface area contributed by atoms with Crippen molar-refractivity contribution < 1.29 is 18.5 Å². The minimum atomic E-state index is -0.513. The number of nitrogens with one attached hydrogen (secondary N) is 1. The second-order valence-corrected chi connectivity index (χ2v) is 7.72. The largest absolute Gasteiger partial charge is 0.342 e. The summed E-state index contributed by atoms with van der Waals surface area (Å²) in [5.74, 6) is 0.613. The Labute approximate surface area is 184 Å². The van der Waals surface area contributed by atoms with Crippen LogP contribution in [0, 0.1) is 19.7 Å². The number of nitrogens with zero attached hydrogens (tertiary/aromatic N) is 5. The molecule has 1 saturated heterocycles. The molecule has 1 atom stereocenters. The molecule has 166 valence electrons. The van der Waals surface area contributed by atoms with Gasteiger partial charge in [0.25, 0.3) is 5.91 Å². The lowest BCUT2D eigenvalue weighted by Crippen LogP contribution is -2.29. The lowest BCUT2D eigenvalue weighted by atomic mass is 10.1. The van der Waals surface area contributed by atoms with E-state index in [4.69, 9.17) is 4.52 Å². The summed E-state index contributed by atoms with van der Waals surface area (Å²) in [5, 5.41) is 6.27. The van der Waals surface area contributed by atoms with Crippen LogP contribution >= 0.6 is 0 Å². The van der Waals surface area contributed by atoms with Gasteiger partial charge in [-0.15, -0.1) is 0 Å². The van der Waals surface area contributed by atoms with Crippen molar-refractivity contribution in [3.05, 3.63) is 65.1 Å². The molecule has 0 unspecified atom stereocenters. The number of anilines is 1. The van der Waals surface area contributed by atoms with E-state index in [0.717, 1.165) is 6.42 Å². The highest BCUT2D eigenvalue weighted by atomic mass is 19.1. The molecule has 0 aliphatic carbocycles. The molecule has 2 aromatic heterocycles. The van der Waals surface area contributed by atoms with Crippen LogP contribution in [0.1, 0.15) is 52.4 Å². The Morgan fingerprint density at radius 2 is 2.06 bits per heavy atom. The molecule has 2 amide bonds. The molecule has 0 radical (unpaired) electrons. The summed E-state index contributed by atoms with van der Waals surface area (Å²) >= 11 is 0. The van der Waals surface area contributed by atoms with Gasteiger partial charge in [0.2, 0.25) is 11.8 Å². The average molecular weight is 438 g/mol. The van der Waals surface area contributed by atoms with Gasteiger partial charge in [0, 0.05) is 38.0 Å². The molecule has 1 aromatic carbocycles. The van der Waals surface area contributed by atoms with E-state index in [1.807, 2.05) is 0 Å².